The Labute approximate surface area is 342 Å². The van der Waals surface area contributed by atoms with E-state index in [1.54, 1.807) is 42.5 Å². The van der Waals surface area contributed by atoms with Crippen molar-refractivity contribution < 1.29 is 39.5 Å². The SMILES string of the molecule is COc1cc2cc(c1)CN(S(=O)(=O)CCC(C)C)Cc1cc(cc(OC)c1)CN(S(=O)(=O)CCC(C)C)Cc1cc(cc(OC)c1)CN(S(=O)(=O)CC=C(C)C)C2. The Hall–Kier alpha value is -3.47. The fourth-order valence-electron chi connectivity index (χ4n) is 6.47. The molecule has 0 N–H and O–H groups in total. The van der Waals surface area contributed by atoms with Gasteiger partial charge in [-0.1, -0.05) is 57.5 Å². The van der Waals surface area contributed by atoms with Gasteiger partial charge in [-0.15, -0.1) is 0 Å². The van der Waals surface area contributed by atoms with E-state index >= 15 is 0 Å². The van der Waals surface area contributed by atoms with Gasteiger partial charge in [0.05, 0.1) is 38.6 Å². The molecule has 0 spiro atoms. The van der Waals surface area contributed by atoms with Gasteiger partial charge in [0.25, 0.3) is 0 Å². The summed E-state index contributed by atoms with van der Waals surface area (Å²) in [6.45, 7) is 11.4. The van der Waals surface area contributed by atoms with Crippen LogP contribution >= 0.6 is 0 Å². The lowest BCUT2D eigenvalue weighted by Crippen LogP contribution is -2.34. The predicted octanol–water partition coefficient (Wildman–Crippen LogP) is 7.08. The van der Waals surface area contributed by atoms with Crippen molar-refractivity contribution in [3.8, 4) is 17.2 Å². The molecule has 0 atom stereocenters. The summed E-state index contributed by atoms with van der Waals surface area (Å²) in [6, 6.07) is 16.1. The van der Waals surface area contributed by atoms with Gasteiger partial charge in [-0.2, -0.15) is 12.9 Å². The highest BCUT2D eigenvalue weighted by Crippen LogP contribution is 2.29. The van der Waals surface area contributed by atoms with E-state index in [9.17, 15) is 25.3 Å². The molecule has 15 heteroatoms. The molecule has 0 radical (unpaired) electrons. The Kier molecular flexibility index (Phi) is 16.2. The van der Waals surface area contributed by atoms with E-state index in [2.05, 4.69) is 0 Å². The number of sulfonamides is 3. The van der Waals surface area contributed by atoms with Crippen LogP contribution in [0.5, 0.6) is 17.2 Å². The molecule has 57 heavy (non-hydrogen) atoms. The fourth-order valence-corrected chi connectivity index (χ4v) is 11.4. The molecule has 0 aromatic heterocycles. The van der Waals surface area contributed by atoms with Gasteiger partial charge in [-0.05, 0) is 108 Å². The van der Waals surface area contributed by atoms with Crippen LogP contribution < -0.4 is 14.2 Å². The van der Waals surface area contributed by atoms with E-state index < -0.39 is 30.1 Å². The third kappa shape index (κ3) is 13.8. The summed E-state index contributed by atoms with van der Waals surface area (Å²) >= 11 is 0. The Morgan fingerprint density at radius 1 is 0.509 bits per heavy atom. The third-order valence-corrected chi connectivity index (χ3v) is 15.0. The quantitative estimate of drug-likeness (QED) is 0.156. The molecule has 12 nitrogen and oxygen atoms in total. The van der Waals surface area contributed by atoms with Crippen molar-refractivity contribution in [2.75, 3.05) is 38.6 Å². The first kappa shape index (κ1) is 46.2. The number of rotatable bonds is 14. The first-order valence-corrected chi connectivity index (χ1v) is 24.1. The molecule has 316 valence electrons. The standard InChI is InChI=1S/C42H61N3O9S3/c1-31(2)10-13-55(46,47)43-25-34-16-36(21-40(19-34)52-7)27-44(56(48,49)14-11-32(3)4)29-38-18-39(24-42(23-38)54-9)30-45(57(50,51)15-12-33(5)6)28-37-17-35(26-43)20-41(22-37)53-8/h10,16-24,32-33H,11-15,25-30H2,1-9H3. The number of methoxy groups -OCH3 is 3. The van der Waals surface area contributed by atoms with Gasteiger partial charge in [-0.3, -0.25) is 0 Å². The zero-order valence-electron chi connectivity index (χ0n) is 34.9. The van der Waals surface area contributed by atoms with E-state index in [0.29, 0.717) is 63.5 Å². The molecule has 0 unspecified atom stereocenters. The van der Waals surface area contributed by atoms with Gasteiger partial charge in [0.1, 0.15) is 17.2 Å². The topological polar surface area (TPSA) is 140 Å². The normalized spacial score (nSPS) is 15.6. The first-order chi connectivity index (χ1) is 26.7. The van der Waals surface area contributed by atoms with Crippen molar-refractivity contribution in [2.24, 2.45) is 11.8 Å². The van der Waals surface area contributed by atoms with Crippen LogP contribution in [0.15, 0.2) is 66.2 Å². The van der Waals surface area contributed by atoms with Crippen LogP contribution in [0.3, 0.4) is 0 Å². The second-order valence-electron chi connectivity index (χ2n) is 15.9. The number of fused-ring (bicyclic) bond motifs is 6. The highest BCUT2D eigenvalue weighted by molar-refractivity contribution is 7.89. The molecular formula is C42H61N3O9S3. The molecule has 0 fully saturated rings. The maximum atomic E-state index is 14.2. The minimum absolute atomic E-state index is 0.0142. The molecule has 1 aliphatic rings. The van der Waals surface area contributed by atoms with Gasteiger partial charge in [0, 0.05) is 39.3 Å². The molecular weight excluding hydrogens is 787 g/mol. The summed E-state index contributed by atoms with van der Waals surface area (Å²) in [6.07, 6.45) is 2.58. The van der Waals surface area contributed by atoms with E-state index in [0.717, 1.165) is 5.57 Å². The summed E-state index contributed by atoms with van der Waals surface area (Å²) in [5.41, 5.74) is 4.57. The van der Waals surface area contributed by atoms with Crippen molar-refractivity contribution in [1.29, 1.82) is 0 Å². The van der Waals surface area contributed by atoms with Crippen LogP contribution in [-0.2, 0) is 69.3 Å². The van der Waals surface area contributed by atoms with Crippen LogP contribution in [-0.4, -0.2) is 76.8 Å². The maximum Gasteiger partial charge on any atom is 0.218 e. The summed E-state index contributed by atoms with van der Waals surface area (Å²) in [4.78, 5) is 0. The van der Waals surface area contributed by atoms with Crippen LogP contribution in [0.2, 0.25) is 0 Å². The summed E-state index contributed by atoms with van der Waals surface area (Å²) in [5.74, 6) is 1.32. The van der Waals surface area contributed by atoms with Gasteiger partial charge in [-0.25, -0.2) is 25.3 Å². The average Bonchev–Trinajstić information content (AvgIpc) is 3.14. The Bertz CT molecular complexity index is 2070. The van der Waals surface area contributed by atoms with Crippen molar-refractivity contribution in [1.82, 2.24) is 12.9 Å². The lowest BCUT2D eigenvalue weighted by molar-refractivity contribution is 0.378. The highest BCUT2D eigenvalue weighted by Gasteiger charge is 2.28. The molecule has 4 rings (SSSR count). The Morgan fingerprint density at radius 2 is 0.772 bits per heavy atom. The largest absolute Gasteiger partial charge is 0.497 e. The zero-order chi connectivity index (χ0) is 42.1. The van der Waals surface area contributed by atoms with Gasteiger partial charge < -0.3 is 14.2 Å². The first-order valence-electron chi connectivity index (χ1n) is 19.3. The number of ether oxygens (including phenoxy) is 3. The lowest BCUT2D eigenvalue weighted by Gasteiger charge is -2.27. The monoisotopic (exact) mass is 847 g/mol. The van der Waals surface area contributed by atoms with E-state index in [1.165, 1.54) is 34.2 Å². The zero-order valence-corrected chi connectivity index (χ0v) is 37.4. The van der Waals surface area contributed by atoms with Crippen LogP contribution in [0.1, 0.15) is 87.8 Å². The van der Waals surface area contributed by atoms with Crippen LogP contribution in [0, 0.1) is 11.8 Å². The summed E-state index contributed by atoms with van der Waals surface area (Å²) < 4.78 is 106. The highest BCUT2D eigenvalue weighted by atomic mass is 32.2. The average molecular weight is 848 g/mol. The van der Waals surface area contributed by atoms with E-state index in [-0.39, 0.29) is 68.4 Å². The second-order valence-corrected chi connectivity index (χ2v) is 22.1. The molecule has 0 aliphatic carbocycles. The number of benzene rings is 3. The molecule has 0 saturated heterocycles. The van der Waals surface area contributed by atoms with Crippen molar-refractivity contribution in [2.45, 2.75) is 93.7 Å². The van der Waals surface area contributed by atoms with Gasteiger partial charge in [0.15, 0.2) is 0 Å². The fraction of sp³-hybridized carbons (Fsp3) is 0.524. The summed E-state index contributed by atoms with van der Waals surface area (Å²) in [7, 11) is -6.99. The number of nitrogens with zero attached hydrogens (tertiary/aromatic N) is 3. The van der Waals surface area contributed by atoms with Crippen LogP contribution in [0.4, 0.5) is 0 Å². The van der Waals surface area contributed by atoms with Crippen molar-refractivity contribution in [3.05, 3.63) is 99.6 Å². The molecule has 3 aromatic rings. The van der Waals surface area contributed by atoms with Crippen LogP contribution in [0.25, 0.3) is 0 Å². The maximum absolute atomic E-state index is 14.2. The van der Waals surface area contributed by atoms with Crippen molar-refractivity contribution in [3.63, 3.8) is 0 Å². The third-order valence-electron chi connectivity index (χ3n) is 9.73. The molecule has 1 heterocycles. The van der Waals surface area contributed by atoms with E-state index in [4.69, 9.17) is 14.2 Å². The number of hydrogen-bond acceptors (Lipinski definition) is 9. The molecule has 0 saturated carbocycles. The Morgan fingerprint density at radius 3 is 1.00 bits per heavy atom. The smallest absolute Gasteiger partial charge is 0.218 e. The second kappa shape index (κ2) is 20.0. The van der Waals surface area contributed by atoms with E-state index in [1.807, 2.05) is 59.7 Å². The molecule has 6 bridgehead atoms. The summed E-state index contributed by atoms with van der Waals surface area (Å²) in [5, 5.41) is 0. The van der Waals surface area contributed by atoms with Gasteiger partial charge >= 0.3 is 0 Å². The number of hydrogen-bond donors (Lipinski definition) is 0. The van der Waals surface area contributed by atoms with Crippen molar-refractivity contribution >= 4 is 30.1 Å². The molecule has 0 amide bonds. The predicted molar refractivity (Wildman–Crippen MR) is 226 cm³/mol. The lowest BCUT2D eigenvalue weighted by atomic mass is 10.1. The molecule has 1 aliphatic heterocycles. The number of allylic oxidation sites excluding steroid dienone is 1. The molecule has 3 aromatic carbocycles. The van der Waals surface area contributed by atoms with Gasteiger partial charge in [0.2, 0.25) is 30.1 Å². The Balaban J connectivity index is 1.99. The minimum atomic E-state index is -3.90. The minimum Gasteiger partial charge on any atom is -0.497 e.